The maximum absolute atomic E-state index is 12.8. The predicted octanol–water partition coefficient (Wildman–Crippen LogP) is 1.21. The van der Waals surface area contributed by atoms with Gasteiger partial charge in [-0.15, -0.1) is 0 Å². The van der Waals surface area contributed by atoms with E-state index < -0.39 is 17.6 Å². The van der Waals surface area contributed by atoms with Gasteiger partial charge >= 0.3 is 6.18 Å². The Kier molecular flexibility index (Phi) is 4.49. The zero-order valence-corrected chi connectivity index (χ0v) is 13.0. The molecule has 5 nitrogen and oxygen atoms in total. The van der Waals surface area contributed by atoms with E-state index in [1.54, 1.807) is 4.90 Å². The van der Waals surface area contributed by atoms with Gasteiger partial charge < -0.3 is 15.1 Å². The molecule has 0 unspecified atom stereocenters. The van der Waals surface area contributed by atoms with E-state index in [9.17, 15) is 22.8 Å². The lowest BCUT2D eigenvalue weighted by atomic mass is 10.0. The lowest BCUT2D eigenvalue weighted by Crippen LogP contribution is -2.57. The number of hydrogen-bond acceptors (Lipinski definition) is 3. The summed E-state index contributed by atoms with van der Waals surface area (Å²) in [7, 11) is 0. The number of nitrogens with zero attached hydrogens (tertiary/aromatic N) is 2. The summed E-state index contributed by atoms with van der Waals surface area (Å²) in [5, 5.41) is 3.04. The van der Waals surface area contributed by atoms with Gasteiger partial charge in [0.1, 0.15) is 0 Å². The molecule has 8 heteroatoms. The molecule has 2 aliphatic heterocycles. The van der Waals surface area contributed by atoms with Gasteiger partial charge in [0.25, 0.3) is 5.91 Å². The van der Waals surface area contributed by atoms with Crippen molar-refractivity contribution in [3.8, 4) is 0 Å². The third-order valence-corrected chi connectivity index (χ3v) is 4.45. The van der Waals surface area contributed by atoms with Crippen LogP contribution in [0, 0.1) is 5.92 Å². The van der Waals surface area contributed by atoms with Crippen LogP contribution in [0.5, 0.6) is 0 Å². The number of hydrogen-bond donors (Lipinski definition) is 1. The van der Waals surface area contributed by atoms with Crippen molar-refractivity contribution in [1.29, 1.82) is 0 Å². The number of alkyl halides is 3. The van der Waals surface area contributed by atoms with Gasteiger partial charge in [0, 0.05) is 44.8 Å². The van der Waals surface area contributed by atoms with E-state index in [0.29, 0.717) is 39.3 Å². The smallest absolute Gasteiger partial charge is 0.339 e. The fraction of sp³-hybridized carbons (Fsp3) is 0.500. The Balaban J connectivity index is 1.62. The maximum Gasteiger partial charge on any atom is 0.416 e. The van der Waals surface area contributed by atoms with E-state index in [-0.39, 0.29) is 17.4 Å². The fourth-order valence-corrected chi connectivity index (χ4v) is 2.86. The lowest BCUT2D eigenvalue weighted by molar-refractivity contribution is -0.139. The van der Waals surface area contributed by atoms with Crippen LogP contribution in [0.3, 0.4) is 0 Å². The number of benzene rings is 1. The van der Waals surface area contributed by atoms with Crippen LogP contribution in [0.2, 0.25) is 0 Å². The molecule has 2 fully saturated rings. The third-order valence-electron chi connectivity index (χ3n) is 4.45. The molecule has 2 heterocycles. The normalized spacial score (nSPS) is 19.1. The van der Waals surface area contributed by atoms with Gasteiger partial charge in [0.2, 0.25) is 5.91 Å². The molecule has 2 amide bonds. The minimum absolute atomic E-state index is 0.00992. The maximum atomic E-state index is 12.8. The largest absolute Gasteiger partial charge is 0.416 e. The van der Waals surface area contributed by atoms with Crippen molar-refractivity contribution in [2.24, 2.45) is 5.92 Å². The number of amides is 2. The molecular formula is C16H18F3N3O2. The molecule has 0 aliphatic carbocycles. The topological polar surface area (TPSA) is 52.7 Å². The quantitative estimate of drug-likeness (QED) is 0.880. The minimum atomic E-state index is -4.47. The molecule has 0 aromatic heterocycles. The van der Waals surface area contributed by atoms with Gasteiger partial charge in [-0.1, -0.05) is 6.07 Å². The van der Waals surface area contributed by atoms with Crippen LogP contribution in [-0.4, -0.2) is 60.9 Å². The van der Waals surface area contributed by atoms with Crippen molar-refractivity contribution in [3.63, 3.8) is 0 Å². The van der Waals surface area contributed by atoms with Crippen LogP contribution in [0.15, 0.2) is 24.3 Å². The summed E-state index contributed by atoms with van der Waals surface area (Å²) in [6, 6.07) is 4.44. The highest BCUT2D eigenvalue weighted by atomic mass is 19.4. The summed E-state index contributed by atoms with van der Waals surface area (Å²) in [5.41, 5.74) is -0.813. The first kappa shape index (κ1) is 16.8. The van der Waals surface area contributed by atoms with Gasteiger partial charge in [0.15, 0.2) is 0 Å². The highest BCUT2D eigenvalue weighted by Gasteiger charge is 2.33. The van der Waals surface area contributed by atoms with Crippen molar-refractivity contribution in [1.82, 2.24) is 15.1 Å². The summed E-state index contributed by atoms with van der Waals surface area (Å²) < 4.78 is 38.3. The molecule has 1 N–H and O–H groups in total. The zero-order valence-electron chi connectivity index (χ0n) is 13.0. The van der Waals surface area contributed by atoms with E-state index in [2.05, 4.69) is 5.32 Å². The molecule has 0 bridgehead atoms. The molecule has 1 aromatic carbocycles. The van der Waals surface area contributed by atoms with Crippen LogP contribution in [0.25, 0.3) is 0 Å². The molecule has 2 aliphatic rings. The number of carbonyl (C=O) groups excluding carboxylic acids is 2. The Morgan fingerprint density at radius 3 is 2.21 bits per heavy atom. The van der Waals surface area contributed by atoms with Crippen molar-refractivity contribution in [2.75, 3.05) is 39.3 Å². The molecule has 1 aromatic rings. The van der Waals surface area contributed by atoms with Gasteiger partial charge in [-0.3, -0.25) is 9.59 Å². The average Bonchev–Trinajstić information content (AvgIpc) is 2.52. The monoisotopic (exact) mass is 341 g/mol. The van der Waals surface area contributed by atoms with Crippen molar-refractivity contribution >= 4 is 11.8 Å². The molecule has 0 atom stereocenters. The average molecular weight is 341 g/mol. The van der Waals surface area contributed by atoms with Crippen molar-refractivity contribution in [3.05, 3.63) is 35.4 Å². The summed E-state index contributed by atoms with van der Waals surface area (Å²) in [4.78, 5) is 27.8. The highest BCUT2D eigenvalue weighted by Crippen LogP contribution is 2.29. The first-order valence-corrected chi connectivity index (χ1v) is 7.82. The van der Waals surface area contributed by atoms with Crippen molar-refractivity contribution < 1.29 is 22.8 Å². The SMILES string of the molecule is O=C(c1cccc(C(F)(F)F)c1)N1CCN(C(=O)C2CNC2)CC1. The molecule has 24 heavy (non-hydrogen) atoms. The molecule has 0 spiro atoms. The van der Waals surface area contributed by atoms with Crippen LogP contribution < -0.4 is 5.32 Å². The van der Waals surface area contributed by atoms with E-state index in [1.165, 1.54) is 17.0 Å². The Morgan fingerprint density at radius 2 is 1.67 bits per heavy atom. The summed E-state index contributed by atoms with van der Waals surface area (Å²) >= 11 is 0. The van der Waals surface area contributed by atoms with Gasteiger partial charge in [0.05, 0.1) is 11.5 Å². The Labute approximate surface area is 137 Å². The van der Waals surface area contributed by atoms with Gasteiger partial charge in [-0.25, -0.2) is 0 Å². The standard InChI is InChI=1S/C16H18F3N3O2/c17-16(18,19)13-3-1-2-11(8-13)14(23)21-4-6-22(7-5-21)15(24)12-9-20-10-12/h1-3,8,12,20H,4-7,9-10H2. The number of nitrogens with one attached hydrogen (secondary N) is 1. The minimum Gasteiger partial charge on any atom is -0.339 e. The third kappa shape index (κ3) is 3.38. The molecule has 3 rings (SSSR count). The van der Waals surface area contributed by atoms with Gasteiger partial charge in [-0.2, -0.15) is 13.2 Å². The van der Waals surface area contributed by atoms with Gasteiger partial charge in [-0.05, 0) is 18.2 Å². The first-order valence-electron chi connectivity index (χ1n) is 7.82. The molecule has 0 saturated carbocycles. The van der Waals surface area contributed by atoms with Crippen LogP contribution in [-0.2, 0) is 11.0 Å². The molecule has 2 saturated heterocycles. The van der Waals surface area contributed by atoms with Crippen LogP contribution >= 0.6 is 0 Å². The number of carbonyl (C=O) groups is 2. The molecular weight excluding hydrogens is 323 g/mol. The van der Waals surface area contributed by atoms with Crippen LogP contribution in [0.4, 0.5) is 13.2 Å². The molecule has 130 valence electrons. The first-order chi connectivity index (χ1) is 11.4. The van der Waals surface area contributed by atoms with Crippen LogP contribution in [0.1, 0.15) is 15.9 Å². The summed E-state index contributed by atoms with van der Waals surface area (Å²) in [5.74, 6) is -0.339. The second-order valence-electron chi connectivity index (χ2n) is 6.05. The number of halogens is 3. The van der Waals surface area contributed by atoms with E-state index in [4.69, 9.17) is 0 Å². The Hall–Kier alpha value is -2.09. The number of piperazine rings is 1. The highest BCUT2D eigenvalue weighted by molar-refractivity contribution is 5.94. The predicted molar refractivity (Wildman–Crippen MR) is 80.3 cm³/mol. The summed E-state index contributed by atoms with van der Waals surface area (Å²) in [6.45, 7) is 2.87. The summed E-state index contributed by atoms with van der Waals surface area (Å²) in [6.07, 6.45) is -4.47. The Morgan fingerprint density at radius 1 is 1.04 bits per heavy atom. The van der Waals surface area contributed by atoms with E-state index in [0.717, 1.165) is 12.1 Å². The second-order valence-corrected chi connectivity index (χ2v) is 6.05. The fourth-order valence-electron chi connectivity index (χ4n) is 2.86. The molecule has 0 radical (unpaired) electrons. The zero-order chi connectivity index (χ0) is 17.3. The second kappa shape index (κ2) is 6.43. The lowest BCUT2D eigenvalue weighted by Gasteiger charge is -2.38. The van der Waals surface area contributed by atoms with E-state index >= 15 is 0 Å². The Bertz CT molecular complexity index is 636. The number of rotatable bonds is 2. The van der Waals surface area contributed by atoms with E-state index in [1.807, 2.05) is 0 Å². The van der Waals surface area contributed by atoms with Crippen molar-refractivity contribution in [2.45, 2.75) is 6.18 Å².